The Bertz CT molecular complexity index is 565. The highest BCUT2D eigenvalue weighted by Crippen LogP contribution is 2.34. The largest absolute Gasteiger partial charge is 0.305 e. The molecule has 1 aromatic rings. The predicted molar refractivity (Wildman–Crippen MR) is 70.1 cm³/mol. The van der Waals surface area contributed by atoms with Gasteiger partial charge in [0, 0.05) is 29.4 Å². The summed E-state index contributed by atoms with van der Waals surface area (Å²) in [6.45, 7) is 0.326. The molecule has 0 N–H and O–H groups in total. The molecular weight excluding hydrogens is 300 g/mol. The van der Waals surface area contributed by atoms with Gasteiger partial charge in [-0.25, -0.2) is 0 Å². The van der Waals surface area contributed by atoms with Gasteiger partial charge in [0.15, 0.2) is 0 Å². The highest BCUT2D eigenvalue weighted by molar-refractivity contribution is 9.10. The third-order valence-electron chi connectivity index (χ3n) is 2.79. The van der Waals surface area contributed by atoms with E-state index in [4.69, 9.17) is 6.42 Å². The molecule has 1 saturated heterocycles. The fourth-order valence-corrected chi connectivity index (χ4v) is 2.27. The molecule has 1 heterocycles. The maximum absolute atomic E-state index is 11.8. The van der Waals surface area contributed by atoms with Gasteiger partial charge in [0.05, 0.1) is 4.92 Å². The molecule has 5 nitrogen and oxygen atoms in total. The van der Waals surface area contributed by atoms with Crippen molar-refractivity contribution in [3.63, 3.8) is 0 Å². The van der Waals surface area contributed by atoms with Crippen molar-refractivity contribution in [1.82, 2.24) is 0 Å². The lowest BCUT2D eigenvalue weighted by Gasteiger charge is -2.16. The average molecular weight is 309 g/mol. The number of anilines is 1. The summed E-state index contributed by atoms with van der Waals surface area (Å²) in [7, 11) is 0. The lowest BCUT2D eigenvalue weighted by atomic mass is 10.1. The molecule has 1 aromatic carbocycles. The monoisotopic (exact) mass is 308 g/mol. The first-order valence-corrected chi connectivity index (χ1v) is 6.02. The number of hydrogen-bond donors (Lipinski definition) is 0. The maximum atomic E-state index is 11.8. The van der Waals surface area contributed by atoms with E-state index in [0.717, 1.165) is 0 Å². The van der Waals surface area contributed by atoms with E-state index >= 15 is 0 Å². The van der Waals surface area contributed by atoms with Crippen molar-refractivity contribution >= 4 is 33.2 Å². The van der Waals surface area contributed by atoms with Crippen molar-refractivity contribution in [3.05, 3.63) is 32.8 Å². The zero-order chi connectivity index (χ0) is 13.3. The van der Waals surface area contributed by atoms with E-state index in [2.05, 4.69) is 21.9 Å². The van der Waals surface area contributed by atoms with Crippen molar-refractivity contribution < 1.29 is 9.72 Å². The van der Waals surface area contributed by atoms with Gasteiger partial charge in [0.2, 0.25) is 5.91 Å². The number of halogens is 1. The number of nitro benzene ring substituents is 1. The molecule has 0 spiro atoms. The fraction of sp³-hybridized carbons (Fsp3) is 0.250. The Balaban J connectivity index is 2.45. The second-order valence-corrected chi connectivity index (χ2v) is 4.88. The first-order chi connectivity index (χ1) is 8.52. The second kappa shape index (κ2) is 4.78. The van der Waals surface area contributed by atoms with E-state index in [1.54, 1.807) is 12.1 Å². The summed E-state index contributed by atoms with van der Waals surface area (Å²) in [5.41, 5.74) is 0.196. The normalized spacial score (nSPS) is 18.8. The van der Waals surface area contributed by atoms with Crippen LogP contribution >= 0.6 is 15.9 Å². The Labute approximate surface area is 112 Å². The molecule has 18 heavy (non-hydrogen) atoms. The van der Waals surface area contributed by atoms with Crippen LogP contribution in [-0.2, 0) is 4.79 Å². The highest BCUT2D eigenvalue weighted by atomic mass is 79.9. The zero-order valence-corrected chi connectivity index (χ0v) is 10.9. The minimum atomic E-state index is -0.502. The number of hydrogen-bond acceptors (Lipinski definition) is 3. The van der Waals surface area contributed by atoms with Crippen LogP contribution in [0.3, 0.4) is 0 Å². The van der Waals surface area contributed by atoms with E-state index in [0.29, 0.717) is 11.0 Å². The topological polar surface area (TPSA) is 63.5 Å². The molecule has 1 aliphatic heterocycles. The molecule has 0 radical (unpaired) electrons. The number of nitro groups is 1. The molecule has 1 aliphatic rings. The lowest BCUT2D eigenvalue weighted by Crippen LogP contribution is -2.25. The van der Waals surface area contributed by atoms with Gasteiger partial charge in [-0.05, 0) is 12.1 Å². The Kier molecular flexibility index (Phi) is 3.34. The quantitative estimate of drug-likeness (QED) is 0.478. The Morgan fingerprint density at radius 2 is 2.28 bits per heavy atom. The number of carbonyl (C=O) groups excluding carboxylic acids is 1. The first-order valence-electron chi connectivity index (χ1n) is 5.23. The predicted octanol–water partition coefficient (Wildman–Crippen LogP) is 2.34. The number of amides is 1. The minimum absolute atomic E-state index is 0.0933. The molecule has 0 saturated carbocycles. The summed E-state index contributed by atoms with van der Waals surface area (Å²) in [6, 6.07) is 4.51. The van der Waals surface area contributed by atoms with Crippen LogP contribution in [0, 0.1) is 28.4 Å². The maximum Gasteiger partial charge on any atom is 0.293 e. The van der Waals surface area contributed by atoms with E-state index in [1.807, 2.05) is 0 Å². The Morgan fingerprint density at radius 1 is 1.56 bits per heavy atom. The van der Waals surface area contributed by atoms with Crippen LogP contribution in [0.4, 0.5) is 11.4 Å². The molecule has 2 rings (SSSR count). The van der Waals surface area contributed by atoms with Crippen molar-refractivity contribution in [2.75, 3.05) is 11.4 Å². The standard InChI is InChI=1S/C12H9BrN2O3/c1-2-8-5-12(16)14(7-8)11-6-9(13)3-4-10(11)15(17)18/h1,3-4,6,8H,5,7H2. The second-order valence-electron chi connectivity index (χ2n) is 3.96. The van der Waals surface area contributed by atoms with Crippen molar-refractivity contribution in [2.45, 2.75) is 6.42 Å². The molecule has 0 aromatic heterocycles. The third-order valence-corrected chi connectivity index (χ3v) is 3.28. The van der Waals surface area contributed by atoms with Gasteiger partial charge in [0.25, 0.3) is 5.69 Å². The van der Waals surface area contributed by atoms with Crippen molar-refractivity contribution in [3.8, 4) is 12.3 Å². The van der Waals surface area contributed by atoms with Crippen LogP contribution in [0.2, 0.25) is 0 Å². The van der Waals surface area contributed by atoms with Crippen molar-refractivity contribution in [2.24, 2.45) is 5.92 Å². The highest BCUT2D eigenvalue weighted by Gasteiger charge is 2.33. The van der Waals surface area contributed by atoms with E-state index < -0.39 is 4.92 Å². The van der Waals surface area contributed by atoms with E-state index in [-0.39, 0.29) is 29.6 Å². The molecule has 0 bridgehead atoms. The van der Waals surface area contributed by atoms with Gasteiger partial charge < -0.3 is 4.90 Å². The van der Waals surface area contributed by atoms with Gasteiger partial charge in [-0.2, -0.15) is 0 Å². The molecule has 0 aliphatic carbocycles. The fourth-order valence-electron chi connectivity index (χ4n) is 1.92. The van der Waals surface area contributed by atoms with Crippen LogP contribution in [0.25, 0.3) is 0 Å². The zero-order valence-electron chi connectivity index (χ0n) is 9.30. The van der Waals surface area contributed by atoms with E-state index in [9.17, 15) is 14.9 Å². The molecule has 92 valence electrons. The van der Waals surface area contributed by atoms with Gasteiger partial charge in [0.1, 0.15) is 5.69 Å². The van der Waals surface area contributed by atoms with Crippen LogP contribution in [0.1, 0.15) is 6.42 Å². The lowest BCUT2D eigenvalue weighted by molar-refractivity contribution is -0.384. The summed E-state index contributed by atoms with van der Waals surface area (Å²) >= 11 is 3.24. The molecule has 1 atom stereocenters. The van der Waals surface area contributed by atoms with Gasteiger partial charge >= 0.3 is 0 Å². The van der Waals surface area contributed by atoms with Crippen LogP contribution in [0.15, 0.2) is 22.7 Å². The molecule has 1 unspecified atom stereocenters. The number of nitrogens with zero attached hydrogens (tertiary/aromatic N) is 2. The van der Waals surface area contributed by atoms with Gasteiger partial charge in [-0.3, -0.25) is 14.9 Å². The minimum Gasteiger partial charge on any atom is -0.305 e. The van der Waals surface area contributed by atoms with E-state index in [1.165, 1.54) is 11.0 Å². The van der Waals surface area contributed by atoms with Gasteiger partial charge in [-0.15, -0.1) is 12.3 Å². The Hall–Kier alpha value is -1.87. The average Bonchev–Trinajstić information content (AvgIpc) is 2.70. The van der Waals surface area contributed by atoms with Crippen molar-refractivity contribution in [1.29, 1.82) is 0 Å². The van der Waals surface area contributed by atoms with Crippen LogP contribution < -0.4 is 4.90 Å². The number of rotatable bonds is 2. The summed E-state index contributed by atoms with van der Waals surface area (Å²) in [5.74, 6) is 2.15. The summed E-state index contributed by atoms with van der Waals surface area (Å²) < 4.78 is 0.681. The number of carbonyl (C=O) groups is 1. The molecular formula is C12H9BrN2O3. The number of benzene rings is 1. The van der Waals surface area contributed by atoms with Gasteiger partial charge in [-0.1, -0.05) is 15.9 Å². The number of terminal acetylenes is 1. The Morgan fingerprint density at radius 3 is 2.83 bits per heavy atom. The molecule has 6 heteroatoms. The smallest absolute Gasteiger partial charge is 0.293 e. The summed E-state index contributed by atoms with van der Waals surface area (Å²) in [6.07, 6.45) is 5.53. The SMILES string of the molecule is C#CC1CC(=O)N(c2cc(Br)ccc2[N+](=O)[O-])C1. The summed E-state index contributed by atoms with van der Waals surface area (Å²) in [5, 5.41) is 11.0. The van der Waals surface area contributed by atoms with Crippen LogP contribution in [0.5, 0.6) is 0 Å². The first kappa shape index (κ1) is 12.6. The molecule has 1 amide bonds. The summed E-state index contributed by atoms with van der Waals surface area (Å²) in [4.78, 5) is 23.7. The molecule has 1 fully saturated rings. The van der Waals surface area contributed by atoms with Crippen LogP contribution in [-0.4, -0.2) is 17.4 Å². The third kappa shape index (κ3) is 2.22.